The fourth-order valence-electron chi connectivity index (χ4n) is 3.50. The summed E-state index contributed by atoms with van der Waals surface area (Å²) in [5.74, 6) is 2.74. The van der Waals surface area contributed by atoms with Gasteiger partial charge in [0.15, 0.2) is 0 Å². The molecular weight excluding hydrogens is 344 g/mol. The maximum atomic E-state index is 12.8. The van der Waals surface area contributed by atoms with Crippen LogP contribution in [-0.2, 0) is 4.79 Å². The molecule has 0 bridgehead atoms. The standard InChI is InChI=1S/C21H34N2O2S/c1-5-11-22-12-10-21(24)23(14-13-22)18(15-17(2)3)16-26-20-8-6-19(25-4)7-9-20/h6-9,17-18H,5,10-16H2,1-4H3/t18-/m0/s1. The van der Waals surface area contributed by atoms with Crippen LogP contribution in [0.25, 0.3) is 0 Å². The van der Waals surface area contributed by atoms with Crippen LogP contribution in [0.15, 0.2) is 29.2 Å². The molecule has 0 aromatic heterocycles. The highest BCUT2D eigenvalue weighted by atomic mass is 32.2. The van der Waals surface area contributed by atoms with Crippen LogP contribution in [0.1, 0.15) is 40.0 Å². The minimum absolute atomic E-state index is 0.302. The quantitative estimate of drug-likeness (QED) is 0.605. The lowest BCUT2D eigenvalue weighted by Gasteiger charge is -2.32. The van der Waals surface area contributed by atoms with E-state index in [9.17, 15) is 4.79 Å². The normalized spacial score (nSPS) is 17.4. The van der Waals surface area contributed by atoms with Gasteiger partial charge in [-0.1, -0.05) is 20.8 Å². The molecule has 4 nitrogen and oxygen atoms in total. The first-order valence-corrected chi connectivity index (χ1v) is 10.8. The van der Waals surface area contributed by atoms with E-state index in [0.29, 0.717) is 24.3 Å². The third kappa shape index (κ3) is 6.51. The Morgan fingerprint density at radius 2 is 1.88 bits per heavy atom. The van der Waals surface area contributed by atoms with Crippen LogP contribution in [0.4, 0.5) is 0 Å². The van der Waals surface area contributed by atoms with Crippen molar-refractivity contribution in [2.45, 2.75) is 51.0 Å². The van der Waals surface area contributed by atoms with Crippen molar-refractivity contribution >= 4 is 17.7 Å². The summed E-state index contributed by atoms with van der Waals surface area (Å²) in [5, 5.41) is 0. The third-order valence-corrected chi connectivity index (χ3v) is 6.00. The first kappa shape index (κ1) is 21.1. The molecule has 2 rings (SSSR count). The molecule has 1 aromatic carbocycles. The van der Waals surface area contributed by atoms with E-state index in [2.05, 4.69) is 42.7 Å². The fourth-order valence-corrected chi connectivity index (χ4v) is 4.53. The number of hydrogen-bond donors (Lipinski definition) is 0. The van der Waals surface area contributed by atoms with Crippen molar-refractivity contribution in [3.05, 3.63) is 24.3 Å². The zero-order chi connectivity index (χ0) is 18.9. The largest absolute Gasteiger partial charge is 0.497 e. The molecule has 5 heteroatoms. The Morgan fingerprint density at radius 1 is 1.15 bits per heavy atom. The molecule has 26 heavy (non-hydrogen) atoms. The van der Waals surface area contributed by atoms with Crippen LogP contribution in [0.5, 0.6) is 5.75 Å². The molecular formula is C21H34N2O2S. The van der Waals surface area contributed by atoms with Crippen molar-refractivity contribution < 1.29 is 9.53 Å². The number of carbonyl (C=O) groups excluding carboxylic acids is 1. The van der Waals surface area contributed by atoms with Crippen molar-refractivity contribution in [2.75, 3.05) is 39.0 Å². The number of benzene rings is 1. The summed E-state index contributed by atoms with van der Waals surface area (Å²) in [6.07, 6.45) is 2.86. The molecule has 1 amide bonds. The van der Waals surface area contributed by atoms with E-state index in [1.165, 1.54) is 4.90 Å². The number of carbonyl (C=O) groups is 1. The van der Waals surface area contributed by atoms with Gasteiger partial charge in [-0.05, 0) is 49.6 Å². The second-order valence-electron chi connectivity index (χ2n) is 7.45. The van der Waals surface area contributed by atoms with Crippen molar-refractivity contribution in [1.82, 2.24) is 9.80 Å². The highest BCUT2D eigenvalue weighted by Gasteiger charge is 2.27. The molecule has 1 heterocycles. The van der Waals surface area contributed by atoms with Crippen LogP contribution in [0, 0.1) is 5.92 Å². The maximum Gasteiger partial charge on any atom is 0.224 e. The van der Waals surface area contributed by atoms with Gasteiger partial charge in [-0.3, -0.25) is 4.79 Å². The molecule has 146 valence electrons. The Bertz CT molecular complexity index is 547. The number of thioether (sulfide) groups is 1. The van der Waals surface area contributed by atoms with Crippen LogP contribution < -0.4 is 4.74 Å². The van der Waals surface area contributed by atoms with Crippen molar-refractivity contribution in [3.8, 4) is 5.75 Å². The second kappa shape index (κ2) is 10.8. The van der Waals surface area contributed by atoms with Crippen molar-refractivity contribution in [3.63, 3.8) is 0 Å². The average Bonchev–Trinajstić information content (AvgIpc) is 2.81. The monoisotopic (exact) mass is 378 g/mol. The number of ether oxygens (including phenoxy) is 1. The van der Waals surface area contributed by atoms with Gasteiger partial charge in [-0.2, -0.15) is 0 Å². The topological polar surface area (TPSA) is 32.8 Å². The summed E-state index contributed by atoms with van der Waals surface area (Å²) in [6, 6.07) is 8.50. The molecule has 1 aliphatic heterocycles. The number of hydrogen-bond acceptors (Lipinski definition) is 4. The van der Waals surface area contributed by atoms with Crippen molar-refractivity contribution in [2.24, 2.45) is 5.92 Å². The van der Waals surface area contributed by atoms with Gasteiger partial charge in [0.25, 0.3) is 0 Å². The lowest BCUT2D eigenvalue weighted by molar-refractivity contribution is -0.132. The predicted molar refractivity (Wildman–Crippen MR) is 110 cm³/mol. The van der Waals surface area contributed by atoms with E-state index in [-0.39, 0.29) is 0 Å². The molecule has 0 saturated carbocycles. The van der Waals surface area contributed by atoms with Crippen molar-refractivity contribution in [1.29, 1.82) is 0 Å². The van der Waals surface area contributed by atoms with E-state index in [4.69, 9.17) is 4.74 Å². The minimum Gasteiger partial charge on any atom is -0.497 e. The Hall–Kier alpha value is -1.20. The van der Waals surface area contributed by atoms with Gasteiger partial charge in [0.05, 0.1) is 7.11 Å². The Kier molecular flexibility index (Phi) is 8.79. The Labute approximate surface area is 163 Å². The number of amides is 1. The number of methoxy groups -OCH3 is 1. The summed E-state index contributed by atoms with van der Waals surface area (Å²) < 4.78 is 5.23. The van der Waals surface area contributed by atoms with E-state index >= 15 is 0 Å². The average molecular weight is 379 g/mol. The smallest absolute Gasteiger partial charge is 0.224 e. The first-order chi connectivity index (χ1) is 12.5. The number of nitrogens with zero attached hydrogens (tertiary/aromatic N) is 2. The Balaban J connectivity index is 2.01. The lowest BCUT2D eigenvalue weighted by atomic mass is 10.0. The number of rotatable bonds is 9. The summed E-state index contributed by atoms with van der Waals surface area (Å²) in [7, 11) is 1.69. The SMILES string of the molecule is CCCN1CCC(=O)N([C@H](CSc2ccc(OC)cc2)CC(C)C)CC1. The zero-order valence-corrected chi connectivity index (χ0v) is 17.6. The predicted octanol–water partition coefficient (Wildman–Crippen LogP) is 4.15. The molecule has 1 aliphatic rings. The van der Waals surface area contributed by atoms with Gasteiger partial charge in [-0.15, -0.1) is 11.8 Å². The van der Waals surface area contributed by atoms with Gasteiger partial charge in [0.1, 0.15) is 5.75 Å². The van der Waals surface area contributed by atoms with Crippen LogP contribution in [0.3, 0.4) is 0 Å². The summed E-state index contributed by atoms with van der Waals surface area (Å²) >= 11 is 1.84. The minimum atomic E-state index is 0.302. The fraction of sp³-hybridized carbons (Fsp3) is 0.667. The zero-order valence-electron chi connectivity index (χ0n) is 16.7. The highest BCUT2D eigenvalue weighted by molar-refractivity contribution is 7.99. The van der Waals surface area contributed by atoms with Gasteiger partial charge < -0.3 is 14.5 Å². The second-order valence-corrected chi connectivity index (χ2v) is 8.54. The molecule has 0 unspecified atom stereocenters. The van der Waals surface area contributed by atoms with Crippen LogP contribution in [0.2, 0.25) is 0 Å². The molecule has 1 fully saturated rings. The molecule has 0 radical (unpaired) electrons. The third-order valence-electron chi connectivity index (χ3n) is 4.85. The molecule has 1 saturated heterocycles. The molecule has 0 aliphatic carbocycles. The van der Waals surface area contributed by atoms with E-state index in [0.717, 1.165) is 50.5 Å². The first-order valence-electron chi connectivity index (χ1n) is 9.82. The molecule has 0 spiro atoms. The summed E-state index contributed by atoms with van der Waals surface area (Å²) in [6.45, 7) is 10.6. The van der Waals surface area contributed by atoms with Gasteiger partial charge in [0.2, 0.25) is 5.91 Å². The summed E-state index contributed by atoms with van der Waals surface area (Å²) in [5.41, 5.74) is 0. The van der Waals surface area contributed by atoms with E-state index in [1.54, 1.807) is 7.11 Å². The van der Waals surface area contributed by atoms with E-state index < -0.39 is 0 Å². The highest BCUT2D eigenvalue weighted by Crippen LogP contribution is 2.26. The maximum absolute atomic E-state index is 12.8. The molecule has 1 atom stereocenters. The van der Waals surface area contributed by atoms with Gasteiger partial charge in [-0.25, -0.2) is 0 Å². The van der Waals surface area contributed by atoms with Gasteiger partial charge >= 0.3 is 0 Å². The van der Waals surface area contributed by atoms with Crippen LogP contribution in [-0.4, -0.2) is 60.8 Å². The lowest BCUT2D eigenvalue weighted by Crippen LogP contribution is -2.43. The van der Waals surface area contributed by atoms with Gasteiger partial charge in [0, 0.05) is 42.7 Å². The molecule has 0 N–H and O–H groups in total. The molecule has 1 aromatic rings. The summed E-state index contributed by atoms with van der Waals surface area (Å²) in [4.78, 5) is 18.6. The van der Waals surface area contributed by atoms with E-state index in [1.807, 2.05) is 23.9 Å². The van der Waals surface area contributed by atoms with Crippen LogP contribution >= 0.6 is 11.8 Å². The Morgan fingerprint density at radius 3 is 2.50 bits per heavy atom.